The normalized spacial score (nSPS) is 13.8. The molecule has 0 aliphatic carbocycles. The molecule has 2 aromatic heterocycles. The third-order valence-electron chi connectivity index (χ3n) is 5.91. The molecule has 7 heteroatoms. The van der Waals surface area contributed by atoms with E-state index in [2.05, 4.69) is 32.3 Å². The van der Waals surface area contributed by atoms with E-state index in [0.29, 0.717) is 11.8 Å². The number of halogens is 1. The fourth-order valence-electron chi connectivity index (χ4n) is 4.17. The van der Waals surface area contributed by atoms with Crippen molar-refractivity contribution < 1.29 is 4.39 Å². The second-order valence-electron chi connectivity index (χ2n) is 8.27. The SMILES string of the molecule is Fc1ccc(-c2nc(N3CCCCC3)c(-c3ccnc(NCCc4ccccc4)n3)[nH]2)cc1. The average Bonchev–Trinajstić information content (AvgIpc) is 3.32. The lowest BCUT2D eigenvalue weighted by Gasteiger charge is -2.27. The third kappa shape index (κ3) is 5.03. The van der Waals surface area contributed by atoms with Crippen molar-refractivity contribution in [2.24, 2.45) is 0 Å². The summed E-state index contributed by atoms with van der Waals surface area (Å²) in [6.45, 7) is 2.68. The van der Waals surface area contributed by atoms with Gasteiger partial charge in [0.2, 0.25) is 5.95 Å². The van der Waals surface area contributed by atoms with Gasteiger partial charge in [-0.25, -0.2) is 19.3 Å². The van der Waals surface area contributed by atoms with Gasteiger partial charge in [0.05, 0.1) is 5.69 Å². The Morgan fingerprint density at radius 2 is 1.70 bits per heavy atom. The molecule has 5 rings (SSSR count). The van der Waals surface area contributed by atoms with Crippen molar-refractivity contribution in [3.05, 3.63) is 78.2 Å². The number of aromatic nitrogens is 4. The lowest BCUT2D eigenvalue weighted by atomic mass is 10.1. The van der Waals surface area contributed by atoms with Gasteiger partial charge in [0.15, 0.2) is 5.82 Å². The summed E-state index contributed by atoms with van der Waals surface area (Å²) in [5.74, 6) is 1.93. The monoisotopic (exact) mass is 442 g/mol. The van der Waals surface area contributed by atoms with Crippen LogP contribution in [0.1, 0.15) is 24.8 Å². The first-order chi connectivity index (χ1) is 16.3. The number of benzene rings is 2. The maximum atomic E-state index is 13.4. The number of nitrogens with zero attached hydrogens (tertiary/aromatic N) is 4. The molecule has 0 bridgehead atoms. The molecule has 0 atom stereocenters. The van der Waals surface area contributed by atoms with E-state index >= 15 is 0 Å². The Hall–Kier alpha value is -3.74. The van der Waals surface area contributed by atoms with Crippen LogP contribution in [0.3, 0.4) is 0 Å². The molecule has 1 aliphatic rings. The number of anilines is 2. The molecule has 2 N–H and O–H groups in total. The van der Waals surface area contributed by atoms with Crippen molar-refractivity contribution in [1.29, 1.82) is 0 Å². The summed E-state index contributed by atoms with van der Waals surface area (Å²) in [6.07, 6.45) is 6.20. The number of piperidine rings is 1. The van der Waals surface area contributed by atoms with Gasteiger partial charge in [-0.3, -0.25) is 0 Å². The van der Waals surface area contributed by atoms with Crippen LogP contribution in [-0.2, 0) is 6.42 Å². The molecule has 0 spiro atoms. The molecule has 168 valence electrons. The molecule has 0 amide bonds. The van der Waals surface area contributed by atoms with Crippen molar-refractivity contribution in [1.82, 2.24) is 19.9 Å². The molecule has 33 heavy (non-hydrogen) atoms. The van der Waals surface area contributed by atoms with Crippen LogP contribution in [0.4, 0.5) is 16.2 Å². The van der Waals surface area contributed by atoms with E-state index in [9.17, 15) is 4.39 Å². The first-order valence-corrected chi connectivity index (χ1v) is 11.5. The summed E-state index contributed by atoms with van der Waals surface area (Å²) in [5.41, 5.74) is 3.76. The Balaban J connectivity index is 1.42. The number of imidazole rings is 1. The summed E-state index contributed by atoms with van der Waals surface area (Å²) >= 11 is 0. The molecule has 1 saturated heterocycles. The van der Waals surface area contributed by atoms with E-state index in [4.69, 9.17) is 9.97 Å². The maximum Gasteiger partial charge on any atom is 0.223 e. The number of nitrogens with one attached hydrogen (secondary N) is 2. The topological polar surface area (TPSA) is 69.7 Å². The highest BCUT2D eigenvalue weighted by Crippen LogP contribution is 2.33. The van der Waals surface area contributed by atoms with Crippen molar-refractivity contribution in [2.75, 3.05) is 29.9 Å². The molecule has 3 heterocycles. The van der Waals surface area contributed by atoms with Gasteiger partial charge in [0.25, 0.3) is 0 Å². The van der Waals surface area contributed by atoms with Crippen LogP contribution in [0, 0.1) is 5.82 Å². The first kappa shape index (κ1) is 21.1. The molecule has 1 aliphatic heterocycles. The minimum absolute atomic E-state index is 0.260. The van der Waals surface area contributed by atoms with E-state index in [1.165, 1.54) is 24.1 Å². The van der Waals surface area contributed by atoms with Crippen LogP contribution >= 0.6 is 0 Å². The Morgan fingerprint density at radius 3 is 2.48 bits per heavy atom. The van der Waals surface area contributed by atoms with Crippen LogP contribution in [0.2, 0.25) is 0 Å². The highest BCUT2D eigenvalue weighted by atomic mass is 19.1. The molecule has 0 radical (unpaired) electrons. The number of aromatic amines is 1. The minimum Gasteiger partial charge on any atom is -0.355 e. The van der Waals surface area contributed by atoms with Gasteiger partial charge >= 0.3 is 0 Å². The van der Waals surface area contributed by atoms with Gasteiger partial charge in [0, 0.05) is 31.4 Å². The molecule has 4 aromatic rings. The van der Waals surface area contributed by atoms with Gasteiger partial charge in [-0.2, -0.15) is 0 Å². The largest absolute Gasteiger partial charge is 0.355 e. The quantitative estimate of drug-likeness (QED) is 0.406. The summed E-state index contributed by atoms with van der Waals surface area (Å²) < 4.78 is 13.4. The van der Waals surface area contributed by atoms with Crippen molar-refractivity contribution in [3.8, 4) is 22.8 Å². The Morgan fingerprint density at radius 1 is 0.909 bits per heavy atom. The molecule has 0 saturated carbocycles. The Labute approximate surface area is 192 Å². The lowest BCUT2D eigenvalue weighted by Crippen LogP contribution is -2.30. The zero-order valence-corrected chi connectivity index (χ0v) is 18.5. The summed E-state index contributed by atoms with van der Waals surface area (Å²) in [6, 6.07) is 18.7. The molecule has 2 aromatic carbocycles. The first-order valence-electron chi connectivity index (χ1n) is 11.5. The standard InChI is InChI=1S/C26H27FN6/c27-21-11-9-20(10-12-21)24-31-23(25(32-24)33-17-5-2-6-18-33)22-14-16-29-26(30-22)28-15-13-19-7-3-1-4-8-19/h1,3-4,7-12,14,16H,2,5-6,13,15,17-18H2,(H,31,32)(H,28,29,30). The smallest absolute Gasteiger partial charge is 0.223 e. The summed E-state index contributed by atoms with van der Waals surface area (Å²) in [5, 5.41) is 3.34. The van der Waals surface area contributed by atoms with E-state index in [-0.39, 0.29) is 5.82 Å². The van der Waals surface area contributed by atoms with Crippen LogP contribution < -0.4 is 10.2 Å². The van der Waals surface area contributed by atoms with Gasteiger partial charge in [0.1, 0.15) is 17.3 Å². The minimum atomic E-state index is -0.260. The van der Waals surface area contributed by atoms with E-state index in [1.54, 1.807) is 18.3 Å². The second-order valence-corrected chi connectivity index (χ2v) is 8.27. The van der Waals surface area contributed by atoms with Crippen molar-refractivity contribution in [2.45, 2.75) is 25.7 Å². The van der Waals surface area contributed by atoms with Gasteiger partial charge < -0.3 is 15.2 Å². The number of rotatable bonds is 7. The Bertz CT molecular complexity index is 1180. The number of hydrogen-bond donors (Lipinski definition) is 2. The van der Waals surface area contributed by atoms with Gasteiger partial charge in [-0.05, 0) is 61.6 Å². The van der Waals surface area contributed by atoms with Crippen molar-refractivity contribution >= 4 is 11.8 Å². The second kappa shape index (κ2) is 9.81. The van der Waals surface area contributed by atoms with Gasteiger partial charge in [-0.1, -0.05) is 30.3 Å². The number of hydrogen-bond acceptors (Lipinski definition) is 5. The molecule has 1 fully saturated rings. The fourth-order valence-corrected chi connectivity index (χ4v) is 4.17. The summed E-state index contributed by atoms with van der Waals surface area (Å²) in [4.78, 5) is 19.8. The van der Waals surface area contributed by atoms with E-state index in [0.717, 1.165) is 61.7 Å². The van der Waals surface area contributed by atoms with Crippen LogP contribution in [0.15, 0.2) is 66.9 Å². The molecule has 6 nitrogen and oxygen atoms in total. The predicted molar refractivity (Wildman–Crippen MR) is 130 cm³/mol. The predicted octanol–water partition coefficient (Wildman–Crippen LogP) is 5.32. The zero-order chi connectivity index (χ0) is 22.5. The highest BCUT2D eigenvalue weighted by Gasteiger charge is 2.22. The van der Waals surface area contributed by atoms with Gasteiger partial charge in [-0.15, -0.1) is 0 Å². The highest BCUT2D eigenvalue weighted by molar-refractivity contribution is 5.75. The van der Waals surface area contributed by atoms with Crippen molar-refractivity contribution in [3.63, 3.8) is 0 Å². The molecular formula is C26H27FN6. The molecule has 0 unspecified atom stereocenters. The Kier molecular flexibility index (Phi) is 6.28. The zero-order valence-electron chi connectivity index (χ0n) is 18.5. The van der Waals surface area contributed by atoms with E-state index in [1.807, 2.05) is 24.3 Å². The van der Waals surface area contributed by atoms with Crippen LogP contribution in [-0.4, -0.2) is 39.6 Å². The third-order valence-corrected chi connectivity index (χ3v) is 5.91. The average molecular weight is 443 g/mol. The molecular weight excluding hydrogens is 415 g/mol. The van der Waals surface area contributed by atoms with E-state index < -0.39 is 0 Å². The maximum absolute atomic E-state index is 13.4. The van der Waals surface area contributed by atoms with Crippen LogP contribution in [0.25, 0.3) is 22.8 Å². The summed E-state index contributed by atoms with van der Waals surface area (Å²) in [7, 11) is 0. The fraction of sp³-hybridized carbons (Fsp3) is 0.269. The number of H-pyrrole nitrogens is 1. The lowest BCUT2D eigenvalue weighted by molar-refractivity contribution is 0.574. The van der Waals surface area contributed by atoms with Crippen LogP contribution in [0.5, 0.6) is 0 Å².